The molecule has 0 spiro atoms. The third-order valence-electron chi connectivity index (χ3n) is 6.96. The minimum Gasteiger partial charge on any atom is -0.506 e. The first-order valence-corrected chi connectivity index (χ1v) is 17.1. The molecule has 1 heterocycles. The Labute approximate surface area is 252 Å². The molecule has 0 saturated heterocycles. The molecular formula is C29H38Cl3FN2O4Si. The molecule has 0 radical (unpaired) electrons. The summed E-state index contributed by atoms with van der Waals surface area (Å²) in [6.07, 6.45) is 1.31. The van der Waals surface area contributed by atoms with Gasteiger partial charge in [-0.2, -0.15) is 0 Å². The number of esters is 1. The Hall–Kier alpha value is -1.97. The van der Waals surface area contributed by atoms with Crippen molar-refractivity contribution in [2.24, 2.45) is 10.9 Å². The monoisotopic (exact) mass is 630 g/mol. The van der Waals surface area contributed by atoms with Gasteiger partial charge in [0, 0.05) is 23.9 Å². The van der Waals surface area contributed by atoms with Crippen LogP contribution in [0.3, 0.4) is 0 Å². The first-order valence-electron chi connectivity index (χ1n) is 13.1. The number of nitrogens with zero attached hydrogens (tertiary/aromatic N) is 2. The lowest BCUT2D eigenvalue weighted by Crippen LogP contribution is -2.43. The van der Waals surface area contributed by atoms with E-state index in [-0.39, 0.29) is 61.9 Å². The van der Waals surface area contributed by atoms with Gasteiger partial charge in [0.1, 0.15) is 22.3 Å². The Balaban J connectivity index is 2.54. The van der Waals surface area contributed by atoms with Crippen molar-refractivity contribution in [3.8, 4) is 0 Å². The third-order valence-corrected chi connectivity index (χ3v) is 12.5. The van der Waals surface area contributed by atoms with E-state index < -0.39 is 25.9 Å². The number of halogens is 4. The topological polar surface area (TPSA) is 81.0 Å². The summed E-state index contributed by atoms with van der Waals surface area (Å²) in [5.74, 6) is -1.78. The summed E-state index contributed by atoms with van der Waals surface area (Å²) >= 11 is 18.6. The number of aromatic nitrogens is 1. The van der Waals surface area contributed by atoms with Crippen LogP contribution in [0.5, 0.6) is 0 Å². The van der Waals surface area contributed by atoms with Gasteiger partial charge in [-0.1, -0.05) is 81.6 Å². The van der Waals surface area contributed by atoms with Gasteiger partial charge in [0.15, 0.2) is 8.32 Å². The summed E-state index contributed by atoms with van der Waals surface area (Å²) in [6, 6.07) is 5.78. The van der Waals surface area contributed by atoms with Crippen LogP contribution in [0.25, 0.3) is 5.76 Å². The van der Waals surface area contributed by atoms with E-state index in [1.165, 1.54) is 18.3 Å². The van der Waals surface area contributed by atoms with Crippen LogP contribution in [0.1, 0.15) is 58.4 Å². The molecule has 0 aliphatic rings. The largest absolute Gasteiger partial charge is 0.506 e. The summed E-state index contributed by atoms with van der Waals surface area (Å²) in [7, 11) is -2.04. The van der Waals surface area contributed by atoms with Crippen LogP contribution in [0.4, 0.5) is 4.39 Å². The second-order valence-electron chi connectivity index (χ2n) is 11.3. The molecule has 0 unspecified atom stereocenters. The van der Waals surface area contributed by atoms with Crippen molar-refractivity contribution in [2.75, 3.05) is 13.2 Å². The number of pyridine rings is 1. The van der Waals surface area contributed by atoms with E-state index in [1.54, 1.807) is 19.1 Å². The Morgan fingerprint density at radius 3 is 2.45 bits per heavy atom. The van der Waals surface area contributed by atoms with Gasteiger partial charge in [-0.3, -0.25) is 4.99 Å². The normalized spacial score (nSPS) is 14.0. The zero-order valence-corrected chi connectivity index (χ0v) is 27.5. The lowest BCUT2D eigenvalue weighted by molar-refractivity contribution is -0.137. The zero-order valence-electron chi connectivity index (χ0n) is 24.2. The maximum Gasteiger partial charge on any atom is 0.343 e. The van der Waals surface area contributed by atoms with Crippen molar-refractivity contribution < 1.29 is 23.5 Å². The minimum atomic E-state index is -2.04. The summed E-state index contributed by atoms with van der Waals surface area (Å²) in [6.45, 7) is 16.9. The Morgan fingerprint density at radius 1 is 1.23 bits per heavy atom. The molecule has 11 heteroatoms. The van der Waals surface area contributed by atoms with Gasteiger partial charge >= 0.3 is 5.97 Å². The average molecular weight is 632 g/mol. The Bertz CT molecular complexity index is 1280. The smallest absolute Gasteiger partial charge is 0.343 e. The van der Waals surface area contributed by atoms with E-state index in [0.717, 1.165) is 0 Å². The summed E-state index contributed by atoms with van der Waals surface area (Å²) in [5, 5.41) is 11.1. The number of aliphatic hydroxyl groups excluding tert-OH is 1. The number of rotatable bonds is 11. The number of ether oxygens (including phenoxy) is 1. The number of aliphatic hydroxyl groups is 1. The maximum atomic E-state index is 14.5. The van der Waals surface area contributed by atoms with Gasteiger partial charge in [0.05, 0.1) is 29.3 Å². The van der Waals surface area contributed by atoms with Gasteiger partial charge in [0.2, 0.25) is 0 Å². The van der Waals surface area contributed by atoms with Crippen LogP contribution >= 0.6 is 34.8 Å². The molecule has 0 saturated carbocycles. The second-order valence-corrected chi connectivity index (χ2v) is 17.3. The number of hydrogen-bond donors (Lipinski definition) is 1. The van der Waals surface area contributed by atoms with Crippen molar-refractivity contribution in [2.45, 2.75) is 72.1 Å². The van der Waals surface area contributed by atoms with Crippen molar-refractivity contribution in [3.63, 3.8) is 0 Å². The summed E-state index contributed by atoms with van der Waals surface area (Å²) < 4.78 is 26.1. The molecule has 40 heavy (non-hydrogen) atoms. The number of benzene rings is 1. The molecule has 0 fully saturated rings. The number of hydrogen-bond acceptors (Lipinski definition) is 6. The van der Waals surface area contributed by atoms with E-state index >= 15 is 0 Å². The molecule has 6 nitrogen and oxygen atoms in total. The van der Waals surface area contributed by atoms with Gasteiger partial charge in [-0.05, 0) is 48.7 Å². The highest BCUT2D eigenvalue weighted by Crippen LogP contribution is 2.37. The molecule has 2 rings (SSSR count). The Kier molecular flexibility index (Phi) is 12.2. The SMILES string of the molecule is CCOC(=O)C(C=N[C@H](CO[Si](C)(C)C(C)(C)C)C(C)C)=C(O)c1cc(Cc2cccc(Cl)c2F)nc(Cl)c1Cl. The molecule has 0 amide bonds. The fourth-order valence-electron chi connectivity index (χ4n) is 3.34. The molecule has 1 aromatic carbocycles. The number of carbonyl (C=O) groups is 1. The summed E-state index contributed by atoms with van der Waals surface area (Å²) in [4.78, 5) is 21.8. The van der Waals surface area contributed by atoms with E-state index in [1.807, 2.05) is 13.8 Å². The fourth-order valence-corrected chi connectivity index (χ4v) is 4.96. The number of aliphatic imine (C=N–C) groups is 1. The van der Waals surface area contributed by atoms with Gasteiger partial charge in [0.25, 0.3) is 0 Å². The quantitative estimate of drug-likeness (QED) is 0.0670. The van der Waals surface area contributed by atoms with Gasteiger partial charge < -0.3 is 14.3 Å². The predicted octanol–water partition coefficient (Wildman–Crippen LogP) is 8.72. The van der Waals surface area contributed by atoms with Crippen molar-refractivity contribution in [1.82, 2.24) is 4.98 Å². The predicted molar refractivity (Wildman–Crippen MR) is 165 cm³/mol. The molecule has 1 atom stereocenters. The van der Waals surface area contributed by atoms with Crippen LogP contribution < -0.4 is 0 Å². The van der Waals surface area contributed by atoms with Crippen molar-refractivity contribution in [3.05, 3.63) is 67.7 Å². The summed E-state index contributed by atoms with van der Waals surface area (Å²) in [5.41, 5.74) is 0.415. The van der Waals surface area contributed by atoms with Gasteiger partial charge in [-0.15, -0.1) is 0 Å². The molecule has 1 aromatic heterocycles. The van der Waals surface area contributed by atoms with E-state index in [9.17, 15) is 14.3 Å². The highest BCUT2D eigenvalue weighted by atomic mass is 35.5. The van der Waals surface area contributed by atoms with Crippen LogP contribution in [0, 0.1) is 11.7 Å². The van der Waals surface area contributed by atoms with E-state index in [4.69, 9.17) is 44.0 Å². The van der Waals surface area contributed by atoms with E-state index in [0.29, 0.717) is 12.3 Å². The maximum absolute atomic E-state index is 14.5. The van der Waals surface area contributed by atoms with Crippen LogP contribution in [-0.2, 0) is 20.4 Å². The lowest BCUT2D eigenvalue weighted by Gasteiger charge is -2.37. The van der Waals surface area contributed by atoms with Crippen LogP contribution in [0.2, 0.25) is 33.3 Å². The molecule has 0 aliphatic heterocycles. The number of carbonyl (C=O) groups excluding carboxylic acids is 1. The lowest BCUT2D eigenvalue weighted by atomic mass is 10.0. The molecule has 220 valence electrons. The Morgan fingerprint density at radius 2 is 1.88 bits per heavy atom. The minimum absolute atomic E-state index is 0.0204. The standard InChI is InChI=1S/C29H38Cl3FN2O4Si/c1-9-38-28(37)21(15-34-23(17(2)3)16-39-40(7,8)29(4,5)6)26(36)20-14-19(35-27(32)24(20)31)13-18-11-10-12-22(30)25(18)33/h10-12,14-15,17,23,36H,9,13,16H2,1-8H3/t23-/m1/s1. The average Bonchev–Trinajstić information content (AvgIpc) is 2.85. The zero-order chi connectivity index (χ0) is 30.4. The van der Waals surface area contributed by atoms with Crippen LogP contribution in [0.15, 0.2) is 34.8 Å². The molecule has 0 bridgehead atoms. The van der Waals surface area contributed by atoms with Crippen molar-refractivity contribution >= 4 is 61.1 Å². The molecule has 0 aliphatic carbocycles. The highest BCUT2D eigenvalue weighted by molar-refractivity contribution is 6.74. The molecule has 2 aromatic rings. The first-order chi connectivity index (χ1) is 18.5. The molecule has 1 N–H and O–H groups in total. The third kappa shape index (κ3) is 8.76. The first kappa shape index (κ1) is 34.2. The van der Waals surface area contributed by atoms with Crippen molar-refractivity contribution in [1.29, 1.82) is 0 Å². The second kappa shape index (κ2) is 14.3. The fraction of sp³-hybridized carbons (Fsp3) is 0.483. The highest BCUT2D eigenvalue weighted by Gasteiger charge is 2.37. The van der Waals surface area contributed by atoms with Gasteiger partial charge in [-0.25, -0.2) is 14.2 Å². The molecular weight excluding hydrogens is 594 g/mol. The van der Waals surface area contributed by atoms with E-state index in [2.05, 4.69) is 43.8 Å². The van der Waals surface area contributed by atoms with Crippen LogP contribution in [-0.4, -0.2) is 49.8 Å².